The molecule has 2 aliphatic rings. The molecule has 1 saturated heterocycles. The number of amides is 1. The first kappa shape index (κ1) is 22.2. The summed E-state index contributed by atoms with van der Waals surface area (Å²) < 4.78 is 2.20. The zero-order valence-electron chi connectivity index (χ0n) is 19.4. The van der Waals surface area contributed by atoms with E-state index in [1.54, 1.807) is 0 Å². The van der Waals surface area contributed by atoms with Crippen LogP contribution in [0.15, 0.2) is 59.8 Å². The molecule has 2 aromatic carbocycles. The lowest BCUT2D eigenvalue weighted by Gasteiger charge is -2.25. The lowest BCUT2D eigenvalue weighted by Crippen LogP contribution is -2.40. The summed E-state index contributed by atoms with van der Waals surface area (Å²) in [4.78, 5) is 17.9. The van der Waals surface area contributed by atoms with Crippen molar-refractivity contribution in [1.82, 2.24) is 19.7 Å². The number of thioether (sulfide) groups is 1. The topological polar surface area (TPSA) is 54.3 Å². The SMILES string of the molecule is CC(Sc1nnc(CN2CCCC2)n1Cc1ccccc1)C(=O)N1c2ccccc2CC1C. The maximum Gasteiger partial charge on any atom is 0.240 e. The number of benzene rings is 2. The van der Waals surface area contributed by atoms with E-state index in [1.165, 1.54) is 35.7 Å². The minimum atomic E-state index is -0.253. The number of rotatable bonds is 7. The molecule has 1 amide bonds. The third kappa shape index (κ3) is 4.70. The molecule has 172 valence electrons. The summed E-state index contributed by atoms with van der Waals surface area (Å²) in [5.74, 6) is 1.11. The molecule has 2 aliphatic heterocycles. The normalized spacial score (nSPS) is 19.1. The molecule has 0 saturated carbocycles. The number of likely N-dealkylation sites (tertiary alicyclic amines) is 1. The number of carbonyl (C=O) groups is 1. The van der Waals surface area contributed by atoms with Gasteiger partial charge in [-0.15, -0.1) is 10.2 Å². The van der Waals surface area contributed by atoms with Gasteiger partial charge in [-0.05, 0) is 63.4 Å². The number of nitrogens with zero attached hydrogens (tertiary/aromatic N) is 5. The van der Waals surface area contributed by atoms with E-state index in [9.17, 15) is 4.79 Å². The van der Waals surface area contributed by atoms with Gasteiger partial charge in [-0.1, -0.05) is 60.3 Å². The molecule has 6 nitrogen and oxygen atoms in total. The van der Waals surface area contributed by atoms with Crippen molar-refractivity contribution in [1.29, 1.82) is 0 Å². The first-order chi connectivity index (χ1) is 16.1. The van der Waals surface area contributed by atoms with Crippen molar-refractivity contribution in [3.05, 3.63) is 71.5 Å². The number of para-hydroxylation sites is 1. The van der Waals surface area contributed by atoms with E-state index in [1.807, 2.05) is 30.0 Å². The Hall–Kier alpha value is -2.64. The maximum atomic E-state index is 13.5. The van der Waals surface area contributed by atoms with E-state index in [0.29, 0.717) is 6.54 Å². The highest BCUT2D eigenvalue weighted by atomic mass is 32.2. The van der Waals surface area contributed by atoms with Crippen LogP contribution in [0.4, 0.5) is 5.69 Å². The van der Waals surface area contributed by atoms with Crippen molar-refractivity contribution in [2.24, 2.45) is 0 Å². The number of anilines is 1. The van der Waals surface area contributed by atoms with Crippen LogP contribution in [0, 0.1) is 0 Å². The quantitative estimate of drug-likeness (QED) is 0.489. The fraction of sp³-hybridized carbons (Fsp3) is 0.423. The Labute approximate surface area is 200 Å². The third-order valence-corrected chi connectivity index (χ3v) is 7.68. The lowest BCUT2D eigenvalue weighted by atomic mass is 10.1. The molecule has 0 N–H and O–H groups in total. The van der Waals surface area contributed by atoms with Gasteiger partial charge in [0, 0.05) is 11.7 Å². The van der Waals surface area contributed by atoms with Gasteiger partial charge < -0.3 is 9.47 Å². The van der Waals surface area contributed by atoms with Gasteiger partial charge in [0.25, 0.3) is 0 Å². The van der Waals surface area contributed by atoms with Crippen LogP contribution in [0.2, 0.25) is 0 Å². The zero-order chi connectivity index (χ0) is 22.8. The number of hydrogen-bond donors (Lipinski definition) is 0. The smallest absolute Gasteiger partial charge is 0.240 e. The van der Waals surface area contributed by atoms with Crippen LogP contribution in [-0.4, -0.2) is 50.0 Å². The number of aromatic nitrogens is 3. The number of carbonyl (C=O) groups excluding carboxylic acids is 1. The summed E-state index contributed by atoms with van der Waals surface area (Å²) in [6.07, 6.45) is 3.40. The molecule has 0 radical (unpaired) electrons. The predicted octanol–water partition coefficient (Wildman–Crippen LogP) is 4.38. The standard InChI is InChI=1S/C26H31N5OS/c1-19-16-22-12-6-7-13-23(22)31(19)25(32)20(2)33-26-28-27-24(18-29-14-8-9-15-29)30(26)17-21-10-4-3-5-11-21/h3-7,10-13,19-20H,8-9,14-18H2,1-2H3. The van der Waals surface area contributed by atoms with Crippen LogP contribution >= 0.6 is 11.8 Å². The van der Waals surface area contributed by atoms with Crippen molar-refractivity contribution >= 4 is 23.4 Å². The average molecular weight is 462 g/mol. The molecule has 1 aromatic heterocycles. The van der Waals surface area contributed by atoms with Gasteiger partial charge in [0.2, 0.25) is 5.91 Å². The molecule has 1 fully saturated rings. The summed E-state index contributed by atoms with van der Waals surface area (Å²) in [6.45, 7) is 7.86. The van der Waals surface area contributed by atoms with Gasteiger partial charge in [0.15, 0.2) is 5.16 Å². The van der Waals surface area contributed by atoms with Crippen molar-refractivity contribution in [3.63, 3.8) is 0 Å². The molecule has 3 aromatic rings. The van der Waals surface area contributed by atoms with E-state index >= 15 is 0 Å². The second-order valence-electron chi connectivity index (χ2n) is 9.10. The molecule has 0 spiro atoms. The van der Waals surface area contributed by atoms with Gasteiger partial charge in [0.05, 0.1) is 18.3 Å². The maximum absolute atomic E-state index is 13.5. The summed E-state index contributed by atoms with van der Waals surface area (Å²) in [5, 5.41) is 9.67. The van der Waals surface area contributed by atoms with E-state index in [-0.39, 0.29) is 17.2 Å². The van der Waals surface area contributed by atoms with Crippen molar-refractivity contribution in [2.45, 2.75) is 62.6 Å². The van der Waals surface area contributed by atoms with Gasteiger partial charge in [0.1, 0.15) is 5.82 Å². The molecule has 5 rings (SSSR count). The molecule has 0 bridgehead atoms. The molecule has 2 atom stereocenters. The molecule has 0 aliphatic carbocycles. The molecular formula is C26H31N5OS. The molecule has 2 unspecified atom stereocenters. The van der Waals surface area contributed by atoms with E-state index < -0.39 is 0 Å². The van der Waals surface area contributed by atoms with Crippen LogP contribution in [0.25, 0.3) is 0 Å². The Balaban J connectivity index is 1.38. The highest BCUT2D eigenvalue weighted by molar-refractivity contribution is 8.00. The number of hydrogen-bond acceptors (Lipinski definition) is 5. The van der Waals surface area contributed by atoms with Crippen LogP contribution in [0.3, 0.4) is 0 Å². The van der Waals surface area contributed by atoms with E-state index in [2.05, 4.69) is 63.0 Å². The van der Waals surface area contributed by atoms with E-state index in [4.69, 9.17) is 0 Å². The summed E-state index contributed by atoms with van der Waals surface area (Å²) in [7, 11) is 0. The fourth-order valence-corrected chi connectivity index (χ4v) is 5.81. The first-order valence-corrected chi connectivity index (χ1v) is 12.7. The van der Waals surface area contributed by atoms with Gasteiger partial charge in [-0.3, -0.25) is 9.69 Å². The molecule has 7 heteroatoms. The number of fused-ring (bicyclic) bond motifs is 1. The third-order valence-electron chi connectivity index (χ3n) is 6.62. The lowest BCUT2D eigenvalue weighted by molar-refractivity contribution is -0.118. The van der Waals surface area contributed by atoms with Crippen molar-refractivity contribution < 1.29 is 4.79 Å². The van der Waals surface area contributed by atoms with Crippen molar-refractivity contribution in [2.75, 3.05) is 18.0 Å². The fourth-order valence-electron chi connectivity index (χ4n) is 4.89. The first-order valence-electron chi connectivity index (χ1n) is 11.9. The Kier molecular flexibility index (Phi) is 6.51. The van der Waals surface area contributed by atoms with Gasteiger partial charge in [-0.25, -0.2) is 0 Å². The Morgan fingerprint density at radius 3 is 2.55 bits per heavy atom. The van der Waals surface area contributed by atoms with Crippen LogP contribution in [0.1, 0.15) is 43.6 Å². The predicted molar refractivity (Wildman–Crippen MR) is 132 cm³/mol. The second-order valence-corrected chi connectivity index (χ2v) is 10.4. The molecule has 33 heavy (non-hydrogen) atoms. The Bertz CT molecular complexity index is 1110. The van der Waals surface area contributed by atoms with Gasteiger partial charge in [-0.2, -0.15) is 0 Å². The minimum absolute atomic E-state index is 0.132. The largest absolute Gasteiger partial charge is 0.308 e. The zero-order valence-corrected chi connectivity index (χ0v) is 20.2. The summed E-state index contributed by atoms with van der Waals surface area (Å²) in [5.41, 5.74) is 3.50. The van der Waals surface area contributed by atoms with E-state index in [0.717, 1.165) is 42.7 Å². The monoisotopic (exact) mass is 461 g/mol. The second kappa shape index (κ2) is 9.69. The van der Waals surface area contributed by atoms with Crippen LogP contribution < -0.4 is 4.90 Å². The minimum Gasteiger partial charge on any atom is -0.308 e. The Morgan fingerprint density at radius 1 is 1.03 bits per heavy atom. The average Bonchev–Trinajstić information content (AvgIpc) is 3.54. The van der Waals surface area contributed by atoms with Crippen molar-refractivity contribution in [3.8, 4) is 0 Å². The van der Waals surface area contributed by atoms with Gasteiger partial charge >= 0.3 is 0 Å². The van der Waals surface area contributed by atoms with Crippen LogP contribution in [0.5, 0.6) is 0 Å². The highest BCUT2D eigenvalue weighted by Gasteiger charge is 2.34. The molecule has 3 heterocycles. The highest BCUT2D eigenvalue weighted by Crippen LogP contribution is 2.35. The summed E-state index contributed by atoms with van der Waals surface area (Å²) >= 11 is 1.52. The molecular weight excluding hydrogens is 430 g/mol. The summed E-state index contributed by atoms with van der Waals surface area (Å²) in [6, 6.07) is 18.8. The van der Waals surface area contributed by atoms with Crippen LogP contribution in [-0.2, 0) is 24.3 Å². The Morgan fingerprint density at radius 2 is 1.76 bits per heavy atom.